The number of nitrogen functional groups attached to an aromatic ring is 1. The molecule has 1 aliphatic carbocycles. The molecule has 1 aromatic carbocycles. The molecule has 1 fully saturated rings. The Bertz CT molecular complexity index is 692. The lowest BCUT2D eigenvalue weighted by Gasteiger charge is -2.40. The molecule has 1 aromatic heterocycles. The van der Waals surface area contributed by atoms with E-state index >= 15 is 0 Å². The van der Waals surface area contributed by atoms with Gasteiger partial charge in [-0.25, -0.2) is 4.98 Å². The van der Waals surface area contributed by atoms with Crippen LogP contribution in [0.25, 0.3) is 0 Å². The highest BCUT2D eigenvalue weighted by Crippen LogP contribution is 2.50. The van der Waals surface area contributed by atoms with Crippen molar-refractivity contribution in [2.75, 3.05) is 23.7 Å². The van der Waals surface area contributed by atoms with Crippen molar-refractivity contribution in [3.8, 4) is 0 Å². The van der Waals surface area contributed by atoms with E-state index in [1.807, 2.05) is 18.2 Å². The number of nitrogens with zero attached hydrogens (tertiary/aromatic N) is 2. The number of aliphatic hydroxyl groups is 1. The zero-order chi connectivity index (χ0) is 15.2. The normalized spacial score (nSPS) is 22.8. The third kappa shape index (κ3) is 2.06. The number of hydrogen-bond acceptors (Lipinski definition) is 4. The summed E-state index contributed by atoms with van der Waals surface area (Å²) >= 11 is 0. The Labute approximate surface area is 130 Å². The van der Waals surface area contributed by atoms with Crippen LogP contribution in [-0.4, -0.2) is 23.2 Å². The van der Waals surface area contributed by atoms with E-state index in [4.69, 9.17) is 5.73 Å². The van der Waals surface area contributed by atoms with Crippen LogP contribution in [0.4, 0.5) is 11.5 Å². The first kappa shape index (κ1) is 13.6. The summed E-state index contributed by atoms with van der Waals surface area (Å²) in [7, 11) is 0. The Hall–Kier alpha value is -2.07. The highest BCUT2D eigenvalue weighted by molar-refractivity contribution is 5.51. The van der Waals surface area contributed by atoms with Crippen LogP contribution in [0.5, 0.6) is 0 Å². The predicted molar refractivity (Wildman–Crippen MR) is 87.8 cm³/mol. The number of piperidine rings is 1. The maximum absolute atomic E-state index is 10.4. The molecule has 2 aromatic rings. The zero-order valence-electron chi connectivity index (χ0n) is 12.6. The van der Waals surface area contributed by atoms with E-state index in [0.29, 0.717) is 0 Å². The van der Waals surface area contributed by atoms with E-state index in [-0.39, 0.29) is 11.5 Å². The summed E-state index contributed by atoms with van der Waals surface area (Å²) in [6, 6.07) is 12.1. The lowest BCUT2D eigenvalue weighted by Crippen LogP contribution is -2.42. The number of benzene rings is 1. The Kier molecular flexibility index (Phi) is 3.08. The second-order valence-electron chi connectivity index (χ2n) is 6.52. The van der Waals surface area contributed by atoms with Crippen molar-refractivity contribution in [2.45, 2.75) is 30.8 Å². The largest absolute Gasteiger partial charge is 0.399 e. The Morgan fingerprint density at radius 2 is 1.95 bits per heavy atom. The number of fused-ring (bicyclic) bond motifs is 2. The molecule has 2 aliphatic rings. The lowest BCUT2D eigenvalue weighted by molar-refractivity contribution is 0.145. The monoisotopic (exact) mass is 295 g/mol. The number of nitrogens with two attached hydrogens (primary N) is 1. The van der Waals surface area contributed by atoms with Crippen molar-refractivity contribution >= 4 is 11.5 Å². The third-order valence-electron chi connectivity index (χ3n) is 5.29. The summed E-state index contributed by atoms with van der Waals surface area (Å²) in [5.74, 6) is 0.960. The van der Waals surface area contributed by atoms with E-state index in [2.05, 4.69) is 28.1 Å². The van der Waals surface area contributed by atoms with Gasteiger partial charge in [0.1, 0.15) is 5.82 Å². The summed E-state index contributed by atoms with van der Waals surface area (Å²) in [6.07, 6.45) is 4.41. The number of hydrogen-bond donors (Lipinski definition) is 2. The molecular weight excluding hydrogens is 274 g/mol. The van der Waals surface area contributed by atoms with Gasteiger partial charge >= 0.3 is 0 Å². The van der Waals surface area contributed by atoms with Gasteiger partial charge in [0.2, 0.25) is 0 Å². The second-order valence-corrected chi connectivity index (χ2v) is 6.52. The number of aliphatic hydroxyl groups excluding tert-OH is 1. The predicted octanol–water partition coefficient (Wildman–Crippen LogP) is 2.64. The maximum atomic E-state index is 10.4. The first-order chi connectivity index (χ1) is 10.7. The summed E-state index contributed by atoms with van der Waals surface area (Å²) in [5, 5.41) is 10.4. The van der Waals surface area contributed by atoms with Crippen LogP contribution in [0.2, 0.25) is 0 Å². The summed E-state index contributed by atoms with van der Waals surface area (Å²) < 4.78 is 0. The Balaban J connectivity index is 1.58. The topological polar surface area (TPSA) is 62.4 Å². The van der Waals surface area contributed by atoms with Crippen molar-refractivity contribution in [3.63, 3.8) is 0 Å². The zero-order valence-corrected chi connectivity index (χ0v) is 12.6. The van der Waals surface area contributed by atoms with Crippen LogP contribution in [0.1, 0.15) is 36.5 Å². The van der Waals surface area contributed by atoms with Gasteiger partial charge in [-0.1, -0.05) is 24.3 Å². The van der Waals surface area contributed by atoms with E-state index in [1.54, 1.807) is 6.20 Å². The summed E-state index contributed by atoms with van der Waals surface area (Å²) in [6.45, 7) is 1.91. The van der Waals surface area contributed by atoms with Crippen molar-refractivity contribution < 1.29 is 5.11 Å². The average Bonchev–Trinajstić information content (AvgIpc) is 2.81. The van der Waals surface area contributed by atoms with Crippen LogP contribution in [-0.2, 0) is 5.41 Å². The van der Waals surface area contributed by atoms with E-state index in [1.165, 1.54) is 5.56 Å². The van der Waals surface area contributed by atoms with Gasteiger partial charge in [0.25, 0.3) is 0 Å². The molecule has 4 rings (SSSR count). The van der Waals surface area contributed by atoms with Crippen LogP contribution >= 0.6 is 0 Å². The molecule has 3 N–H and O–H groups in total. The second kappa shape index (κ2) is 4.99. The molecule has 0 amide bonds. The molecule has 2 heterocycles. The third-order valence-corrected chi connectivity index (χ3v) is 5.29. The van der Waals surface area contributed by atoms with Crippen LogP contribution < -0.4 is 10.6 Å². The van der Waals surface area contributed by atoms with Gasteiger partial charge in [-0.2, -0.15) is 0 Å². The first-order valence-corrected chi connectivity index (χ1v) is 7.92. The molecule has 22 heavy (non-hydrogen) atoms. The highest BCUT2D eigenvalue weighted by Gasteiger charge is 2.44. The highest BCUT2D eigenvalue weighted by atomic mass is 16.3. The Morgan fingerprint density at radius 1 is 1.18 bits per heavy atom. The first-order valence-electron chi connectivity index (χ1n) is 7.92. The smallest absolute Gasteiger partial charge is 0.130 e. The molecule has 1 saturated heterocycles. The van der Waals surface area contributed by atoms with Crippen molar-refractivity contribution in [1.29, 1.82) is 0 Å². The molecule has 1 unspecified atom stereocenters. The summed E-state index contributed by atoms with van der Waals surface area (Å²) in [5.41, 5.74) is 9.22. The van der Waals surface area contributed by atoms with E-state index in [9.17, 15) is 5.11 Å². The quantitative estimate of drug-likeness (QED) is 0.849. The van der Waals surface area contributed by atoms with Gasteiger partial charge in [-0.15, -0.1) is 0 Å². The molecule has 1 spiro atoms. The minimum Gasteiger partial charge on any atom is -0.399 e. The van der Waals surface area contributed by atoms with Gasteiger partial charge in [-0.3, -0.25) is 0 Å². The molecule has 4 heteroatoms. The van der Waals surface area contributed by atoms with Crippen molar-refractivity contribution in [1.82, 2.24) is 4.98 Å². The van der Waals surface area contributed by atoms with Gasteiger partial charge in [0.05, 0.1) is 6.10 Å². The number of aromatic nitrogens is 1. The lowest BCUT2D eigenvalue weighted by atomic mass is 9.74. The maximum Gasteiger partial charge on any atom is 0.130 e. The van der Waals surface area contributed by atoms with E-state index < -0.39 is 0 Å². The van der Waals surface area contributed by atoms with Crippen LogP contribution in [0.3, 0.4) is 0 Å². The fraction of sp³-hybridized carbons (Fsp3) is 0.389. The van der Waals surface area contributed by atoms with Crippen molar-refractivity contribution in [2.24, 2.45) is 0 Å². The molecule has 1 aliphatic heterocycles. The molecule has 1 atom stereocenters. The number of rotatable bonds is 1. The fourth-order valence-electron chi connectivity index (χ4n) is 4.10. The molecular formula is C18H21N3O. The fourth-order valence-corrected chi connectivity index (χ4v) is 4.10. The van der Waals surface area contributed by atoms with Crippen molar-refractivity contribution in [3.05, 3.63) is 53.7 Å². The molecule has 0 bridgehead atoms. The molecule has 0 saturated carbocycles. The number of pyridine rings is 1. The Morgan fingerprint density at radius 3 is 2.73 bits per heavy atom. The van der Waals surface area contributed by atoms with Crippen LogP contribution in [0, 0.1) is 0 Å². The molecule has 4 nitrogen and oxygen atoms in total. The SMILES string of the molecule is Nc1ccnc(N2CCC3(CC2)CC(O)c2ccccc23)c1. The van der Waals surface area contributed by atoms with Gasteiger partial charge < -0.3 is 15.7 Å². The minimum absolute atomic E-state index is 0.132. The van der Waals surface area contributed by atoms with Gasteiger partial charge in [0.15, 0.2) is 0 Å². The number of anilines is 2. The summed E-state index contributed by atoms with van der Waals surface area (Å²) in [4.78, 5) is 6.73. The van der Waals surface area contributed by atoms with E-state index in [0.717, 1.165) is 49.4 Å². The molecule has 114 valence electrons. The minimum atomic E-state index is -0.312. The van der Waals surface area contributed by atoms with Gasteiger partial charge in [-0.05, 0) is 36.5 Å². The molecule has 0 radical (unpaired) electrons. The van der Waals surface area contributed by atoms with Crippen LogP contribution in [0.15, 0.2) is 42.6 Å². The van der Waals surface area contributed by atoms with Gasteiger partial charge in [0, 0.05) is 36.5 Å². The standard InChI is InChI=1S/C18H21N3O/c19-13-5-8-20-17(11-13)21-9-6-18(7-10-21)12-16(22)14-3-1-2-4-15(14)18/h1-5,8,11,16,22H,6-7,9-10,12H2,(H2,19,20). The average molecular weight is 295 g/mol.